The molecular weight excluding hydrogens is 309 g/mol. The summed E-state index contributed by atoms with van der Waals surface area (Å²) in [6.07, 6.45) is 2.10. The van der Waals surface area contributed by atoms with Gasteiger partial charge in [0.05, 0.1) is 4.47 Å². The van der Waals surface area contributed by atoms with E-state index in [9.17, 15) is 4.39 Å². The van der Waals surface area contributed by atoms with Crippen molar-refractivity contribution in [3.63, 3.8) is 0 Å². The molecule has 1 atom stereocenters. The molecule has 0 aliphatic heterocycles. The van der Waals surface area contributed by atoms with Gasteiger partial charge in [0, 0.05) is 12.1 Å². The molecule has 1 N–H and O–H groups in total. The van der Waals surface area contributed by atoms with Crippen LogP contribution in [0.1, 0.15) is 40.5 Å². The lowest BCUT2D eigenvalue weighted by molar-refractivity contribution is 0.173. The fraction of sp³-hybridized carbons (Fsp3) is 0.600. The Bertz CT molecular complexity index is 404. The molecule has 108 valence electrons. The largest absolute Gasteiger partial charge is 0.488 e. The normalized spacial score (nSPS) is 13.4. The van der Waals surface area contributed by atoms with E-state index in [1.807, 2.05) is 0 Å². The maximum atomic E-state index is 13.0. The molecule has 0 aliphatic carbocycles. The van der Waals surface area contributed by atoms with Crippen LogP contribution in [0.3, 0.4) is 0 Å². The van der Waals surface area contributed by atoms with Crippen LogP contribution in [0.2, 0.25) is 0 Å². The fourth-order valence-electron chi connectivity index (χ4n) is 1.69. The summed E-state index contributed by atoms with van der Waals surface area (Å²) >= 11 is 3.33. The van der Waals surface area contributed by atoms with Crippen LogP contribution in [-0.2, 0) is 0 Å². The van der Waals surface area contributed by atoms with Gasteiger partial charge >= 0.3 is 0 Å². The minimum Gasteiger partial charge on any atom is -0.488 e. The van der Waals surface area contributed by atoms with Gasteiger partial charge in [0.2, 0.25) is 0 Å². The maximum absolute atomic E-state index is 13.0. The van der Waals surface area contributed by atoms with Crippen LogP contribution < -0.4 is 10.1 Å². The van der Waals surface area contributed by atoms with Crippen molar-refractivity contribution in [2.45, 2.75) is 52.2 Å². The van der Waals surface area contributed by atoms with Crippen molar-refractivity contribution < 1.29 is 9.13 Å². The van der Waals surface area contributed by atoms with E-state index in [1.165, 1.54) is 12.1 Å². The zero-order valence-electron chi connectivity index (χ0n) is 12.1. The predicted molar refractivity (Wildman–Crippen MR) is 81.2 cm³/mol. The molecule has 0 saturated carbocycles. The van der Waals surface area contributed by atoms with Crippen LogP contribution in [0, 0.1) is 5.82 Å². The first-order valence-electron chi connectivity index (χ1n) is 6.68. The van der Waals surface area contributed by atoms with Gasteiger partial charge in [0.15, 0.2) is 0 Å². The molecule has 2 nitrogen and oxygen atoms in total. The van der Waals surface area contributed by atoms with E-state index in [0.29, 0.717) is 10.2 Å². The second-order valence-corrected chi connectivity index (χ2v) is 6.59. The molecule has 1 unspecified atom stereocenters. The van der Waals surface area contributed by atoms with Gasteiger partial charge in [-0.2, -0.15) is 0 Å². The van der Waals surface area contributed by atoms with E-state index in [0.717, 1.165) is 19.4 Å². The minimum absolute atomic E-state index is 0.0649. The molecule has 1 rings (SSSR count). The van der Waals surface area contributed by atoms with Crippen molar-refractivity contribution in [1.82, 2.24) is 5.32 Å². The molecule has 0 fully saturated rings. The van der Waals surface area contributed by atoms with Gasteiger partial charge in [-0.05, 0) is 61.3 Å². The summed E-state index contributed by atoms with van der Waals surface area (Å²) in [4.78, 5) is 0. The summed E-state index contributed by atoms with van der Waals surface area (Å²) in [6, 6.07) is 4.51. The van der Waals surface area contributed by atoms with Gasteiger partial charge in [0.25, 0.3) is 0 Å². The summed E-state index contributed by atoms with van der Waals surface area (Å²) < 4.78 is 19.7. The molecule has 0 amide bonds. The third kappa shape index (κ3) is 6.39. The lowest BCUT2D eigenvalue weighted by Crippen LogP contribution is -2.42. The summed E-state index contributed by atoms with van der Waals surface area (Å²) in [5.41, 5.74) is 0.0649. The molecule has 1 aromatic rings. The zero-order chi connectivity index (χ0) is 14.5. The van der Waals surface area contributed by atoms with E-state index in [-0.39, 0.29) is 17.5 Å². The number of hydrogen-bond acceptors (Lipinski definition) is 2. The Morgan fingerprint density at radius 2 is 2.05 bits per heavy atom. The van der Waals surface area contributed by atoms with E-state index >= 15 is 0 Å². The van der Waals surface area contributed by atoms with Crippen molar-refractivity contribution in [2.24, 2.45) is 0 Å². The number of halogens is 2. The number of nitrogens with one attached hydrogen (secondary N) is 1. The van der Waals surface area contributed by atoms with Gasteiger partial charge in [-0.25, -0.2) is 4.39 Å². The summed E-state index contributed by atoms with van der Waals surface area (Å²) in [5, 5.41) is 3.44. The highest BCUT2D eigenvalue weighted by Crippen LogP contribution is 2.27. The highest BCUT2D eigenvalue weighted by atomic mass is 79.9. The van der Waals surface area contributed by atoms with Crippen LogP contribution in [0.15, 0.2) is 22.7 Å². The first-order valence-corrected chi connectivity index (χ1v) is 7.48. The summed E-state index contributed by atoms with van der Waals surface area (Å²) in [7, 11) is 0. The second-order valence-electron chi connectivity index (χ2n) is 5.73. The van der Waals surface area contributed by atoms with Crippen molar-refractivity contribution >= 4 is 15.9 Å². The fourth-order valence-corrected chi connectivity index (χ4v) is 2.14. The molecule has 4 heteroatoms. The van der Waals surface area contributed by atoms with E-state index < -0.39 is 0 Å². The smallest absolute Gasteiger partial charge is 0.134 e. The number of benzene rings is 1. The number of ether oxygens (including phenoxy) is 1. The van der Waals surface area contributed by atoms with Crippen molar-refractivity contribution in [3.8, 4) is 5.75 Å². The number of rotatable bonds is 6. The third-order valence-electron chi connectivity index (χ3n) is 2.66. The predicted octanol–water partition coefficient (Wildman–Crippen LogP) is 4.52. The van der Waals surface area contributed by atoms with Gasteiger partial charge < -0.3 is 10.1 Å². The summed E-state index contributed by atoms with van der Waals surface area (Å²) in [5.74, 6) is 0.426. The summed E-state index contributed by atoms with van der Waals surface area (Å²) in [6.45, 7) is 9.30. The van der Waals surface area contributed by atoms with Gasteiger partial charge in [-0.1, -0.05) is 13.3 Å². The maximum Gasteiger partial charge on any atom is 0.134 e. The molecule has 0 radical (unpaired) electrons. The minimum atomic E-state index is -0.265. The van der Waals surface area contributed by atoms with Crippen LogP contribution in [-0.4, -0.2) is 18.2 Å². The topological polar surface area (TPSA) is 21.3 Å². The Hall–Kier alpha value is -0.610. The van der Waals surface area contributed by atoms with Crippen molar-refractivity contribution in [1.29, 1.82) is 0 Å². The highest BCUT2D eigenvalue weighted by molar-refractivity contribution is 9.10. The lowest BCUT2D eigenvalue weighted by Gasteiger charge is -2.26. The molecule has 0 saturated heterocycles. The SMILES string of the molecule is CCCC(CNC(C)(C)C)Oc1ccc(F)cc1Br. The second kappa shape index (κ2) is 7.25. The third-order valence-corrected chi connectivity index (χ3v) is 3.28. The Balaban J connectivity index is 2.67. The van der Waals surface area contributed by atoms with Crippen LogP contribution in [0.5, 0.6) is 5.75 Å². The Labute approximate surface area is 123 Å². The van der Waals surface area contributed by atoms with Crippen LogP contribution >= 0.6 is 15.9 Å². The van der Waals surface area contributed by atoms with Crippen LogP contribution in [0.25, 0.3) is 0 Å². The average molecular weight is 332 g/mol. The standard InChI is InChI=1S/C15H23BrFNO/c1-5-6-12(10-18-15(2,3)4)19-14-8-7-11(17)9-13(14)16/h7-9,12,18H,5-6,10H2,1-4H3. The molecule has 0 heterocycles. The monoisotopic (exact) mass is 331 g/mol. The molecule has 1 aromatic carbocycles. The lowest BCUT2D eigenvalue weighted by atomic mass is 10.1. The first-order chi connectivity index (χ1) is 8.81. The van der Waals surface area contributed by atoms with Crippen molar-refractivity contribution in [2.75, 3.05) is 6.54 Å². The number of hydrogen-bond donors (Lipinski definition) is 1. The van der Waals surface area contributed by atoms with Crippen molar-refractivity contribution in [3.05, 3.63) is 28.5 Å². The Morgan fingerprint density at radius 3 is 2.58 bits per heavy atom. The first kappa shape index (κ1) is 16.4. The van der Waals surface area contributed by atoms with Gasteiger partial charge in [-0.3, -0.25) is 0 Å². The zero-order valence-corrected chi connectivity index (χ0v) is 13.7. The molecule has 19 heavy (non-hydrogen) atoms. The quantitative estimate of drug-likeness (QED) is 0.827. The highest BCUT2D eigenvalue weighted by Gasteiger charge is 2.16. The van der Waals surface area contributed by atoms with Crippen LogP contribution in [0.4, 0.5) is 4.39 Å². The van der Waals surface area contributed by atoms with E-state index in [1.54, 1.807) is 6.07 Å². The molecule has 0 aliphatic rings. The van der Waals surface area contributed by atoms with Gasteiger partial charge in [0.1, 0.15) is 17.7 Å². The molecular formula is C15H23BrFNO. The molecule has 0 aromatic heterocycles. The van der Waals surface area contributed by atoms with Gasteiger partial charge in [-0.15, -0.1) is 0 Å². The molecule has 0 bridgehead atoms. The molecule has 0 spiro atoms. The average Bonchev–Trinajstić information content (AvgIpc) is 2.28. The van der Waals surface area contributed by atoms with E-state index in [4.69, 9.17) is 4.74 Å². The van der Waals surface area contributed by atoms with E-state index in [2.05, 4.69) is 48.9 Å². The Kier molecular flexibility index (Phi) is 6.27. The Morgan fingerprint density at radius 1 is 1.37 bits per heavy atom.